The monoisotopic (exact) mass is 1440 g/mol. The molecule has 572 valence electrons. The zero-order valence-corrected chi connectivity index (χ0v) is 64.1. The van der Waals surface area contributed by atoms with Gasteiger partial charge in [-0.25, -0.2) is 9.13 Å². The zero-order valence-electron chi connectivity index (χ0n) is 62.3. The highest BCUT2D eigenvalue weighted by molar-refractivity contribution is 7.47. The molecule has 0 spiro atoms. The molecule has 0 radical (unpaired) electrons. The van der Waals surface area contributed by atoms with E-state index in [4.69, 9.17) is 37.0 Å². The predicted molar refractivity (Wildman–Crippen MR) is 408 cm³/mol. The summed E-state index contributed by atoms with van der Waals surface area (Å²) in [6.07, 6.45) is 80.1. The highest BCUT2D eigenvalue weighted by atomic mass is 31.2. The molecule has 0 saturated carbocycles. The van der Waals surface area contributed by atoms with Crippen molar-refractivity contribution < 1.29 is 80.2 Å². The van der Waals surface area contributed by atoms with Crippen LogP contribution in [-0.4, -0.2) is 96.7 Å². The van der Waals surface area contributed by atoms with Gasteiger partial charge in [0.1, 0.15) is 19.3 Å². The molecular weight excluding hydrogens is 1310 g/mol. The molecule has 0 bridgehead atoms. The topological polar surface area (TPSA) is 237 Å². The molecule has 0 fully saturated rings. The van der Waals surface area contributed by atoms with Gasteiger partial charge >= 0.3 is 39.5 Å². The van der Waals surface area contributed by atoms with Crippen molar-refractivity contribution in [3.05, 3.63) is 134 Å². The van der Waals surface area contributed by atoms with E-state index in [-0.39, 0.29) is 25.7 Å². The van der Waals surface area contributed by atoms with E-state index >= 15 is 0 Å². The van der Waals surface area contributed by atoms with Gasteiger partial charge in [0.15, 0.2) is 12.2 Å². The number of ether oxygens (including phenoxy) is 4. The van der Waals surface area contributed by atoms with Crippen molar-refractivity contribution in [1.29, 1.82) is 0 Å². The van der Waals surface area contributed by atoms with Gasteiger partial charge in [0, 0.05) is 25.7 Å². The lowest BCUT2D eigenvalue weighted by Gasteiger charge is -2.21. The third-order valence-electron chi connectivity index (χ3n) is 15.6. The van der Waals surface area contributed by atoms with Gasteiger partial charge in [0.05, 0.1) is 26.4 Å². The van der Waals surface area contributed by atoms with Gasteiger partial charge in [0.2, 0.25) is 0 Å². The van der Waals surface area contributed by atoms with Crippen molar-refractivity contribution >= 4 is 39.5 Å². The maximum atomic E-state index is 13.1. The minimum Gasteiger partial charge on any atom is -0.462 e. The van der Waals surface area contributed by atoms with Crippen LogP contribution in [-0.2, 0) is 65.4 Å². The van der Waals surface area contributed by atoms with E-state index in [1.807, 2.05) is 0 Å². The zero-order chi connectivity index (χ0) is 73.2. The Balaban J connectivity index is 5.41. The molecule has 0 aliphatic rings. The van der Waals surface area contributed by atoms with E-state index in [0.717, 1.165) is 193 Å². The van der Waals surface area contributed by atoms with E-state index in [1.54, 1.807) is 0 Å². The molecule has 100 heavy (non-hydrogen) atoms. The number of carbonyl (C=O) groups is 4. The second kappa shape index (κ2) is 72.5. The average Bonchev–Trinajstić information content (AvgIpc) is 0.946. The number of unbranched alkanes of at least 4 members (excludes halogenated alkanes) is 23. The molecule has 0 aliphatic heterocycles. The molecule has 0 heterocycles. The van der Waals surface area contributed by atoms with Gasteiger partial charge in [-0.3, -0.25) is 37.3 Å². The van der Waals surface area contributed by atoms with E-state index in [0.29, 0.717) is 25.7 Å². The highest BCUT2D eigenvalue weighted by Gasteiger charge is 2.30. The van der Waals surface area contributed by atoms with Gasteiger partial charge < -0.3 is 33.8 Å². The summed E-state index contributed by atoms with van der Waals surface area (Å²) in [4.78, 5) is 72.9. The van der Waals surface area contributed by atoms with Gasteiger partial charge in [-0.2, -0.15) is 0 Å². The number of esters is 4. The first-order chi connectivity index (χ1) is 48.7. The molecule has 0 rings (SSSR count). The van der Waals surface area contributed by atoms with Crippen LogP contribution < -0.4 is 0 Å². The first-order valence-electron chi connectivity index (χ1n) is 38.4. The molecule has 0 saturated heterocycles. The number of hydrogen-bond donors (Lipinski definition) is 3. The third kappa shape index (κ3) is 71.6. The highest BCUT2D eigenvalue weighted by Crippen LogP contribution is 2.45. The number of allylic oxidation sites excluding steroid dienone is 22. The minimum atomic E-state index is -4.99. The summed E-state index contributed by atoms with van der Waals surface area (Å²) in [7, 11) is -9.97. The van der Waals surface area contributed by atoms with Crippen LogP contribution >= 0.6 is 15.6 Å². The molecular formula is C81H136O17P2. The molecule has 0 aromatic heterocycles. The predicted octanol–water partition coefficient (Wildman–Crippen LogP) is 22.1. The molecule has 5 atom stereocenters. The lowest BCUT2D eigenvalue weighted by Crippen LogP contribution is -2.30. The molecule has 5 unspecified atom stereocenters. The first-order valence-corrected chi connectivity index (χ1v) is 41.4. The Morgan fingerprint density at radius 3 is 0.860 bits per heavy atom. The Kier molecular flexibility index (Phi) is 69.1. The average molecular weight is 1440 g/mol. The SMILES string of the molecule is CC/C=C\C/C=C\C/C=C\C/C=C\C/C=C\CCCCCC(=O)OCC(COP(=O)(O)OCC(O)COP(=O)(O)OCC(COC(=O)CCCCCCC/C=C\C/C=C\CCC)OC(=O)CCCCCCC/C=C\CCCCCC)OC(=O)CCCCCCC/C=C\C/C=C\C/C=C\CC. The van der Waals surface area contributed by atoms with E-state index in [1.165, 1.54) is 25.7 Å². The summed E-state index contributed by atoms with van der Waals surface area (Å²) in [6, 6.07) is 0. The summed E-state index contributed by atoms with van der Waals surface area (Å²) >= 11 is 0. The van der Waals surface area contributed by atoms with Crippen LogP contribution in [0.3, 0.4) is 0 Å². The molecule has 0 aromatic rings. The number of rotatable bonds is 71. The van der Waals surface area contributed by atoms with Crippen LogP contribution in [0.5, 0.6) is 0 Å². The molecule has 0 aliphatic carbocycles. The van der Waals surface area contributed by atoms with Crippen molar-refractivity contribution in [3.63, 3.8) is 0 Å². The van der Waals surface area contributed by atoms with Crippen molar-refractivity contribution in [1.82, 2.24) is 0 Å². The van der Waals surface area contributed by atoms with Gasteiger partial charge in [-0.05, 0) is 154 Å². The lowest BCUT2D eigenvalue weighted by molar-refractivity contribution is -0.161. The van der Waals surface area contributed by atoms with Crippen LogP contribution in [0, 0.1) is 0 Å². The Hall–Kier alpha value is -4.80. The Morgan fingerprint density at radius 1 is 0.290 bits per heavy atom. The van der Waals surface area contributed by atoms with Crippen LogP contribution in [0.4, 0.5) is 0 Å². The van der Waals surface area contributed by atoms with Crippen LogP contribution in [0.1, 0.15) is 297 Å². The minimum absolute atomic E-state index is 0.0639. The molecule has 3 N–H and O–H groups in total. The molecule has 0 amide bonds. The Labute approximate surface area is 605 Å². The molecule has 17 nitrogen and oxygen atoms in total. The number of phosphoric ester groups is 2. The maximum Gasteiger partial charge on any atom is 0.472 e. The summed E-state index contributed by atoms with van der Waals surface area (Å²) in [5.74, 6) is -2.26. The second-order valence-electron chi connectivity index (χ2n) is 25.2. The van der Waals surface area contributed by atoms with E-state index in [9.17, 15) is 43.2 Å². The third-order valence-corrected chi connectivity index (χ3v) is 17.5. The van der Waals surface area contributed by atoms with Crippen molar-refractivity contribution in [2.24, 2.45) is 0 Å². The second-order valence-corrected chi connectivity index (χ2v) is 28.1. The van der Waals surface area contributed by atoms with Crippen molar-refractivity contribution in [2.45, 2.75) is 316 Å². The summed E-state index contributed by atoms with van der Waals surface area (Å²) in [6.45, 7) is 4.48. The Morgan fingerprint density at radius 2 is 0.540 bits per heavy atom. The fraction of sp³-hybridized carbons (Fsp3) is 0.679. The number of phosphoric acid groups is 2. The lowest BCUT2D eigenvalue weighted by atomic mass is 10.1. The number of aliphatic hydroxyl groups is 1. The largest absolute Gasteiger partial charge is 0.472 e. The maximum absolute atomic E-state index is 13.1. The fourth-order valence-corrected chi connectivity index (χ4v) is 11.3. The van der Waals surface area contributed by atoms with E-state index in [2.05, 4.69) is 161 Å². The standard InChI is InChI=1S/C81H136O17P2/c1-5-9-13-17-21-25-29-33-35-36-37-38-40-43-46-50-54-58-62-66-79(84)92-72-77(98-81(86)68-64-60-56-52-48-44-39-34-30-26-22-18-14-10-6-2)74-96-100(89,90)94-70-75(82)69-93-99(87,88)95-73-76(97-80(85)67-63-59-55-51-47-42-32-28-24-20-16-12-8-4)71-91-78(83)65-61-57-53-49-45-41-31-27-23-19-15-11-7-3/h9-10,13-15,19,21-22,25-28,31-35,37-39,43,46,75-77,82H,5-8,11-12,16-18,20,23-24,29-30,36,40-42,44-45,47-74H2,1-4H3,(H,87,88)(H,89,90)/b13-9-,14-10-,19-15-,25-21-,26-22-,31-27-,32-28-,35-33-,38-37-,39-34-,46-43-. The van der Waals surface area contributed by atoms with Crippen molar-refractivity contribution in [3.8, 4) is 0 Å². The summed E-state index contributed by atoms with van der Waals surface area (Å²) < 4.78 is 68.4. The number of hydrogen-bond acceptors (Lipinski definition) is 15. The van der Waals surface area contributed by atoms with Crippen LogP contribution in [0.25, 0.3) is 0 Å². The quantitative estimate of drug-likeness (QED) is 0.0169. The fourth-order valence-electron chi connectivity index (χ4n) is 9.76. The first kappa shape index (κ1) is 95.2. The summed E-state index contributed by atoms with van der Waals surface area (Å²) in [5.41, 5.74) is 0. The molecule has 0 aromatic carbocycles. The number of carbonyl (C=O) groups excluding carboxylic acids is 4. The normalized spacial score (nSPS) is 14.7. The van der Waals surface area contributed by atoms with Crippen LogP contribution in [0.15, 0.2) is 134 Å². The smallest absolute Gasteiger partial charge is 0.462 e. The van der Waals surface area contributed by atoms with E-state index < -0.39 is 97.5 Å². The van der Waals surface area contributed by atoms with Crippen LogP contribution in [0.2, 0.25) is 0 Å². The van der Waals surface area contributed by atoms with Gasteiger partial charge in [0.25, 0.3) is 0 Å². The van der Waals surface area contributed by atoms with Crippen molar-refractivity contribution in [2.75, 3.05) is 39.6 Å². The van der Waals surface area contributed by atoms with Gasteiger partial charge in [-0.1, -0.05) is 251 Å². The molecule has 19 heteroatoms. The Bertz CT molecular complexity index is 2420. The van der Waals surface area contributed by atoms with Gasteiger partial charge in [-0.15, -0.1) is 0 Å². The number of aliphatic hydroxyl groups excluding tert-OH is 1. The summed E-state index contributed by atoms with van der Waals surface area (Å²) in [5, 5.41) is 10.6.